The summed E-state index contributed by atoms with van der Waals surface area (Å²) in [4.78, 5) is 13.0. The van der Waals surface area contributed by atoms with Gasteiger partial charge in [0.15, 0.2) is 0 Å². The van der Waals surface area contributed by atoms with Crippen LogP contribution in [-0.4, -0.2) is 57.4 Å². The highest BCUT2D eigenvalue weighted by Gasteiger charge is 2.63. The monoisotopic (exact) mass is 480 g/mol. The Morgan fingerprint density at radius 3 is 2.21 bits per heavy atom. The lowest BCUT2D eigenvalue weighted by molar-refractivity contribution is -0.162. The molecule has 6 heteroatoms. The lowest BCUT2D eigenvalue weighted by atomic mass is 9.48. The molecule has 4 N–H and O–H groups in total. The number of aliphatic hydroxyl groups is 4. The minimum Gasteiger partial charge on any atom is -0.465 e. The molecule has 1 heterocycles. The Labute approximate surface area is 205 Å². The van der Waals surface area contributed by atoms with E-state index in [9.17, 15) is 25.2 Å². The molecule has 4 unspecified atom stereocenters. The van der Waals surface area contributed by atoms with Crippen LogP contribution in [-0.2, 0) is 9.53 Å². The summed E-state index contributed by atoms with van der Waals surface area (Å²) in [5.41, 5.74) is -0.345. The number of carbonyl (C=O) groups excluding carboxylic acids is 1. The van der Waals surface area contributed by atoms with E-state index in [0.717, 1.165) is 25.7 Å². The van der Waals surface area contributed by atoms with E-state index in [-0.39, 0.29) is 52.8 Å². The molecule has 0 aromatic carbocycles. The van der Waals surface area contributed by atoms with Crippen molar-refractivity contribution in [3.8, 4) is 0 Å². The van der Waals surface area contributed by atoms with Crippen molar-refractivity contribution in [2.24, 2.45) is 58.2 Å². The first-order valence-electron chi connectivity index (χ1n) is 13.7. The first-order valence-corrected chi connectivity index (χ1v) is 13.7. The third kappa shape index (κ3) is 4.05. The standard InChI is InChI=1S/C28H48O6/c1-14(2)15(3)24(31)25(32)16(4)18-7-8-19-17-13-34-26(33)21-11-22(29)23(30)12-28(21,6)20(17)9-10-27(18,19)5/h14-25,29-32H,7-13H2,1-6H3/t15?,16?,17-,18+,19-,20-,21+,22-,23+,24?,25?,27+,28+/m0/s1. The van der Waals surface area contributed by atoms with E-state index < -0.39 is 24.4 Å². The van der Waals surface area contributed by atoms with E-state index in [4.69, 9.17) is 4.74 Å². The molecule has 0 radical (unpaired) electrons. The summed E-state index contributed by atoms with van der Waals surface area (Å²) in [6.07, 6.45) is 1.61. The van der Waals surface area contributed by atoms with Gasteiger partial charge in [0.2, 0.25) is 0 Å². The minimum absolute atomic E-state index is 0.00827. The van der Waals surface area contributed by atoms with Crippen molar-refractivity contribution in [3.05, 3.63) is 0 Å². The first kappa shape index (κ1) is 26.4. The fourth-order valence-corrected chi connectivity index (χ4v) is 8.95. The molecule has 3 aliphatic carbocycles. The number of carbonyl (C=O) groups is 1. The molecule has 4 fully saturated rings. The van der Waals surface area contributed by atoms with E-state index in [1.54, 1.807) is 0 Å². The van der Waals surface area contributed by atoms with Crippen molar-refractivity contribution in [2.45, 2.75) is 104 Å². The van der Waals surface area contributed by atoms with Gasteiger partial charge in [0.25, 0.3) is 0 Å². The lowest BCUT2D eigenvalue weighted by Gasteiger charge is -2.56. The summed E-state index contributed by atoms with van der Waals surface area (Å²) in [6, 6.07) is 0. The number of hydrogen-bond acceptors (Lipinski definition) is 6. The zero-order valence-electron chi connectivity index (χ0n) is 22.0. The number of esters is 1. The number of hydrogen-bond donors (Lipinski definition) is 4. The van der Waals surface area contributed by atoms with Gasteiger partial charge in [-0.1, -0.05) is 41.5 Å². The molecule has 0 bridgehead atoms. The van der Waals surface area contributed by atoms with Crippen LogP contribution in [0.15, 0.2) is 0 Å². The molecule has 1 saturated heterocycles. The summed E-state index contributed by atoms with van der Waals surface area (Å²) in [5.74, 6) is 0.948. The summed E-state index contributed by atoms with van der Waals surface area (Å²) in [7, 11) is 0. The Hall–Kier alpha value is -0.690. The maximum Gasteiger partial charge on any atom is 0.309 e. The fourth-order valence-electron chi connectivity index (χ4n) is 8.95. The summed E-state index contributed by atoms with van der Waals surface area (Å²) >= 11 is 0. The lowest BCUT2D eigenvalue weighted by Crippen LogP contribution is -2.55. The van der Waals surface area contributed by atoms with Crippen LogP contribution in [0, 0.1) is 58.2 Å². The van der Waals surface area contributed by atoms with Crippen molar-refractivity contribution in [2.75, 3.05) is 6.61 Å². The van der Waals surface area contributed by atoms with Crippen LogP contribution in [0.3, 0.4) is 0 Å². The fraction of sp³-hybridized carbons (Fsp3) is 0.964. The highest BCUT2D eigenvalue weighted by Crippen LogP contribution is 2.66. The van der Waals surface area contributed by atoms with Gasteiger partial charge in [0, 0.05) is 0 Å². The molecule has 0 spiro atoms. The molecule has 13 atom stereocenters. The second-order valence-corrected chi connectivity index (χ2v) is 13.3. The van der Waals surface area contributed by atoms with Gasteiger partial charge in [0.1, 0.15) is 0 Å². The predicted octanol–water partition coefficient (Wildman–Crippen LogP) is 3.39. The Kier molecular flexibility index (Phi) is 7.23. The highest BCUT2D eigenvalue weighted by atomic mass is 16.5. The first-order chi connectivity index (χ1) is 15.8. The van der Waals surface area contributed by atoms with Crippen molar-refractivity contribution in [1.82, 2.24) is 0 Å². The molecule has 4 aliphatic rings. The van der Waals surface area contributed by atoms with Crippen LogP contribution >= 0.6 is 0 Å². The van der Waals surface area contributed by atoms with Crippen molar-refractivity contribution >= 4 is 5.97 Å². The van der Waals surface area contributed by atoms with Crippen LogP contribution in [0.4, 0.5) is 0 Å². The molecule has 0 aromatic heterocycles. The summed E-state index contributed by atoms with van der Waals surface area (Å²) in [5, 5.41) is 42.9. The number of fused-ring (bicyclic) bond motifs is 5. The van der Waals surface area contributed by atoms with Gasteiger partial charge < -0.3 is 25.2 Å². The summed E-state index contributed by atoms with van der Waals surface area (Å²) in [6.45, 7) is 13.2. The van der Waals surface area contributed by atoms with Crippen LogP contribution in [0.2, 0.25) is 0 Å². The van der Waals surface area contributed by atoms with Gasteiger partial charge in [-0.25, -0.2) is 0 Å². The Balaban J connectivity index is 1.58. The maximum atomic E-state index is 13.0. The number of cyclic esters (lactones) is 1. The second kappa shape index (κ2) is 9.32. The average molecular weight is 481 g/mol. The smallest absolute Gasteiger partial charge is 0.309 e. The maximum absolute atomic E-state index is 13.0. The third-order valence-corrected chi connectivity index (χ3v) is 11.5. The Morgan fingerprint density at radius 1 is 0.912 bits per heavy atom. The Bertz CT molecular complexity index is 755. The molecular formula is C28H48O6. The van der Waals surface area contributed by atoms with E-state index in [2.05, 4.69) is 34.6 Å². The van der Waals surface area contributed by atoms with Crippen LogP contribution in [0.1, 0.15) is 80.1 Å². The van der Waals surface area contributed by atoms with Crippen LogP contribution < -0.4 is 0 Å². The topological polar surface area (TPSA) is 107 Å². The highest BCUT2D eigenvalue weighted by molar-refractivity contribution is 5.74. The predicted molar refractivity (Wildman–Crippen MR) is 130 cm³/mol. The second-order valence-electron chi connectivity index (χ2n) is 13.3. The van der Waals surface area contributed by atoms with E-state index in [1.165, 1.54) is 0 Å². The SMILES string of the molecule is CC(C)C(C)C(O)C(O)C(C)[C@H]1CC[C@H]2[C@@H]3COC(=O)[C@H]4C[C@H](O)[C@H](O)C[C@]4(C)[C@H]3CC[C@]12C. The zero-order chi connectivity index (χ0) is 25.2. The average Bonchev–Trinajstić information content (AvgIpc) is 3.09. The van der Waals surface area contributed by atoms with Crippen LogP contribution in [0.25, 0.3) is 0 Å². The van der Waals surface area contributed by atoms with Gasteiger partial charge in [-0.05, 0) is 90.8 Å². The van der Waals surface area contributed by atoms with E-state index in [0.29, 0.717) is 30.8 Å². The molecule has 196 valence electrons. The quantitative estimate of drug-likeness (QED) is 0.450. The van der Waals surface area contributed by atoms with Crippen molar-refractivity contribution < 1.29 is 30.0 Å². The molecule has 4 rings (SSSR count). The van der Waals surface area contributed by atoms with Crippen molar-refractivity contribution in [1.29, 1.82) is 0 Å². The van der Waals surface area contributed by atoms with Crippen LogP contribution in [0.5, 0.6) is 0 Å². The molecule has 3 saturated carbocycles. The summed E-state index contributed by atoms with van der Waals surface area (Å²) < 4.78 is 5.86. The molecular weight excluding hydrogens is 432 g/mol. The normalized spacial score (nSPS) is 48.1. The van der Waals surface area contributed by atoms with Gasteiger partial charge in [-0.15, -0.1) is 0 Å². The van der Waals surface area contributed by atoms with E-state index >= 15 is 0 Å². The number of ether oxygens (including phenoxy) is 1. The van der Waals surface area contributed by atoms with Gasteiger partial charge in [-0.3, -0.25) is 4.79 Å². The van der Waals surface area contributed by atoms with Gasteiger partial charge >= 0.3 is 5.97 Å². The molecule has 6 nitrogen and oxygen atoms in total. The molecule has 0 amide bonds. The van der Waals surface area contributed by atoms with E-state index in [1.807, 2.05) is 6.92 Å². The number of aliphatic hydroxyl groups excluding tert-OH is 4. The molecule has 34 heavy (non-hydrogen) atoms. The molecule has 1 aliphatic heterocycles. The minimum atomic E-state index is -0.867. The Morgan fingerprint density at radius 2 is 1.56 bits per heavy atom. The largest absolute Gasteiger partial charge is 0.465 e. The third-order valence-electron chi connectivity index (χ3n) is 11.5. The van der Waals surface area contributed by atoms with Gasteiger partial charge in [-0.2, -0.15) is 0 Å². The zero-order valence-corrected chi connectivity index (χ0v) is 22.0. The number of rotatable bonds is 5. The molecule has 0 aromatic rings. The van der Waals surface area contributed by atoms with Gasteiger partial charge in [0.05, 0.1) is 36.9 Å². The van der Waals surface area contributed by atoms with Crippen molar-refractivity contribution in [3.63, 3.8) is 0 Å².